The number of halogens is 2. The van der Waals surface area contributed by atoms with Gasteiger partial charge in [-0.3, -0.25) is 0 Å². The third kappa shape index (κ3) is 4.51. The van der Waals surface area contributed by atoms with Crippen LogP contribution in [0.5, 0.6) is 0 Å². The maximum atomic E-state index is 5.92. The van der Waals surface area contributed by atoms with E-state index in [9.17, 15) is 0 Å². The van der Waals surface area contributed by atoms with Gasteiger partial charge in [-0.25, -0.2) is 0 Å². The van der Waals surface area contributed by atoms with Gasteiger partial charge in [0.15, 0.2) is 0 Å². The summed E-state index contributed by atoms with van der Waals surface area (Å²) in [6, 6.07) is 7.39. The zero-order valence-electron chi connectivity index (χ0n) is 9.09. The van der Waals surface area contributed by atoms with Crippen molar-refractivity contribution in [2.24, 2.45) is 15.9 Å². The molecule has 0 fully saturated rings. The van der Waals surface area contributed by atoms with Gasteiger partial charge in [-0.2, -0.15) is 5.10 Å². The molecule has 0 aliphatic rings. The molecule has 0 aliphatic heterocycles. The molecule has 0 saturated carbocycles. The summed E-state index contributed by atoms with van der Waals surface area (Å²) in [5.74, 6) is 0.346. The van der Waals surface area contributed by atoms with Crippen molar-refractivity contribution < 1.29 is 0 Å². The molecule has 0 spiro atoms. The molecule has 2 N–H and O–H groups in total. The lowest BCUT2D eigenvalue weighted by atomic mass is 10.2. The van der Waals surface area contributed by atoms with Gasteiger partial charge in [0.1, 0.15) is 0 Å². The molecule has 6 heteroatoms. The van der Waals surface area contributed by atoms with Gasteiger partial charge in [0.05, 0.1) is 6.21 Å². The van der Waals surface area contributed by atoms with Crippen molar-refractivity contribution in [3.8, 4) is 0 Å². The maximum Gasteiger partial charge on any atom is 0.215 e. The molecule has 0 aliphatic carbocycles. The molecule has 0 aromatic heterocycles. The van der Waals surface area contributed by atoms with Crippen LogP contribution >= 0.6 is 24.0 Å². The molecule has 0 atom stereocenters. The first kappa shape index (κ1) is 14.7. The first-order valence-corrected chi connectivity index (χ1v) is 4.77. The van der Waals surface area contributed by atoms with Crippen molar-refractivity contribution in [3.63, 3.8) is 0 Å². The summed E-state index contributed by atoms with van der Waals surface area (Å²) >= 11 is 5.92. The zero-order valence-corrected chi connectivity index (χ0v) is 10.7. The number of benzene rings is 1. The lowest BCUT2D eigenvalue weighted by Crippen LogP contribution is -2.29. The van der Waals surface area contributed by atoms with E-state index in [0.717, 1.165) is 5.56 Å². The minimum atomic E-state index is 0. The van der Waals surface area contributed by atoms with Gasteiger partial charge in [0.2, 0.25) is 5.96 Å². The van der Waals surface area contributed by atoms with Crippen molar-refractivity contribution in [1.29, 1.82) is 0 Å². The van der Waals surface area contributed by atoms with Crippen LogP contribution in [-0.4, -0.2) is 31.2 Å². The molecule has 4 nitrogen and oxygen atoms in total. The van der Waals surface area contributed by atoms with E-state index in [0.29, 0.717) is 11.0 Å². The van der Waals surface area contributed by atoms with Crippen LogP contribution in [0, 0.1) is 0 Å². The van der Waals surface area contributed by atoms with E-state index in [1.807, 2.05) is 18.2 Å². The van der Waals surface area contributed by atoms with E-state index in [1.54, 1.807) is 31.3 Å². The second kappa shape index (κ2) is 7.09. The predicted octanol–water partition coefficient (Wildman–Crippen LogP) is 1.97. The number of hydrogen-bond donors (Lipinski definition) is 1. The molecule has 1 aromatic rings. The van der Waals surface area contributed by atoms with E-state index in [2.05, 4.69) is 10.2 Å². The monoisotopic (exact) mass is 260 g/mol. The Morgan fingerprint density at radius 1 is 1.38 bits per heavy atom. The highest BCUT2D eigenvalue weighted by molar-refractivity contribution is 6.33. The van der Waals surface area contributed by atoms with Crippen LogP contribution in [0.15, 0.2) is 34.5 Å². The summed E-state index contributed by atoms with van der Waals surface area (Å²) in [4.78, 5) is 1.67. The first-order chi connectivity index (χ1) is 7.11. The van der Waals surface area contributed by atoms with Gasteiger partial charge in [0.25, 0.3) is 0 Å². The van der Waals surface area contributed by atoms with Gasteiger partial charge < -0.3 is 10.6 Å². The molecule has 16 heavy (non-hydrogen) atoms. The van der Waals surface area contributed by atoms with E-state index in [4.69, 9.17) is 17.3 Å². The molecule has 1 aromatic carbocycles. The Kier molecular flexibility index (Phi) is 6.53. The van der Waals surface area contributed by atoms with Crippen LogP contribution in [0.2, 0.25) is 5.02 Å². The van der Waals surface area contributed by atoms with Gasteiger partial charge >= 0.3 is 0 Å². The predicted molar refractivity (Wildman–Crippen MR) is 71.6 cm³/mol. The first-order valence-electron chi connectivity index (χ1n) is 4.39. The highest BCUT2D eigenvalue weighted by Crippen LogP contribution is 2.12. The Labute approximate surface area is 106 Å². The van der Waals surface area contributed by atoms with Crippen molar-refractivity contribution in [2.45, 2.75) is 0 Å². The molecule has 88 valence electrons. The molecule has 0 bridgehead atoms. The van der Waals surface area contributed by atoms with Crippen molar-refractivity contribution >= 4 is 36.2 Å². The Morgan fingerprint density at radius 2 is 2.00 bits per heavy atom. The largest absolute Gasteiger partial charge is 0.368 e. The summed E-state index contributed by atoms with van der Waals surface area (Å²) in [5, 5.41) is 8.27. The smallest absolute Gasteiger partial charge is 0.215 e. The average Bonchev–Trinajstić information content (AvgIpc) is 2.20. The number of hydrogen-bond acceptors (Lipinski definition) is 2. The standard InChI is InChI=1S/C10H13ClN4.ClH/c1-15(2)10(12)14-13-7-8-5-3-4-6-9(8)11;/h3-7H,1-2H3,(H2,12,14);1H. The number of rotatable bonds is 2. The van der Waals surface area contributed by atoms with Crippen molar-refractivity contribution in [1.82, 2.24) is 4.90 Å². The van der Waals surface area contributed by atoms with Crippen molar-refractivity contribution in [2.75, 3.05) is 14.1 Å². The van der Waals surface area contributed by atoms with Gasteiger partial charge in [-0.05, 0) is 6.07 Å². The number of nitrogens with two attached hydrogens (primary N) is 1. The fourth-order valence-corrected chi connectivity index (χ4v) is 1.00. The Balaban J connectivity index is 0.00000225. The minimum Gasteiger partial charge on any atom is -0.368 e. The lowest BCUT2D eigenvalue weighted by Gasteiger charge is -2.07. The fraction of sp³-hybridized carbons (Fsp3) is 0.200. The lowest BCUT2D eigenvalue weighted by molar-refractivity contribution is 0.611. The van der Waals surface area contributed by atoms with Gasteiger partial charge in [0, 0.05) is 24.7 Å². The number of nitrogens with zero attached hydrogens (tertiary/aromatic N) is 3. The topological polar surface area (TPSA) is 54.0 Å². The summed E-state index contributed by atoms with van der Waals surface area (Å²) in [6.07, 6.45) is 1.57. The second-order valence-corrected chi connectivity index (χ2v) is 3.53. The summed E-state index contributed by atoms with van der Waals surface area (Å²) in [7, 11) is 3.59. The molecule has 0 amide bonds. The average molecular weight is 261 g/mol. The normalized spacial score (nSPS) is 11.3. The van der Waals surface area contributed by atoms with Crippen LogP contribution in [0.3, 0.4) is 0 Å². The Bertz CT molecular complexity index is 388. The third-order valence-corrected chi connectivity index (χ3v) is 2.06. The minimum absolute atomic E-state index is 0. The summed E-state index contributed by atoms with van der Waals surface area (Å²) in [5.41, 5.74) is 6.36. The fourth-order valence-electron chi connectivity index (χ4n) is 0.819. The third-order valence-electron chi connectivity index (χ3n) is 1.72. The van der Waals surface area contributed by atoms with Crippen LogP contribution in [0.4, 0.5) is 0 Å². The molecular weight excluding hydrogens is 247 g/mol. The van der Waals surface area contributed by atoms with Gasteiger partial charge in [-0.15, -0.1) is 17.5 Å². The summed E-state index contributed by atoms with van der Waals surface area (Å²) < 4.78 is 0. The molecule has 0 heterocycles. The summed E-state index contributed by atoms with van der Waals surface area (Å²) in [6.45, 7) is 0. The van der Waals surface area contributed by atoms with E-state index in [1.165, 1.54) is 0 Å². The number of guanidine groups is 1. The molecule has 1 rings (SSSR count). The Hall–Kier alpha value is -1.26. The Morgan fingerprint density at radius 3 is 2.56 bits per heavy atom. The highest BCUT2D eigenvalue weighted by Gasteiger charge is 1.94. The molecule has 0 saturated heterocycles. The second-order valence-electron chi connectivity index (χ2n) is 3.12. The van der Waals surface area contributed by atoms with Crippen LogP contribution in [-0.2, 0) is 0 Å². The molecule has 0 radical (unpaired) electrons. The highest BCUT2D eigenvalue weighted by atomic mass is 35.5. The quantitative estimate of drug-likeness (QED) is 0.502. The van der Waals surface area contributed by atoms with E-state index in [-0.39, 0.29) is 12.4 Å². The van der Waals surface area contributed by atoms with Crippen LogP contribution in [0.25, 0.3) is 0 Å². The van der Waals surface area contributed by atoms with Gasteiger partial charge in [-0.1, -0.05) is 29.8 Å². The van der Waals surface area contributed by atoms with Crippen LogP contribution < -0.4 is 5.73 Å². The van der Waals surface area contributed by atoms with E-state index < -0.39 is 0 Å². The van der Waals surface area contributed by atoms with Crippen LogP contribution in [0.1, 0.15) is 5.56 Å². The molecule has 0 unspecified atom stereocenters. The van der Waals surface area contributed by atoms with E-state index >= 15 is 0 Å². The maximum absolute atomic E-state index is 5.92. The SMILES string of the molecule is CN(C)/C(N)=N/N=Cc1ccccc1Cl.Cl. The zero-order chi connectivity index (χ0) is 11.3. The van der Waals surface area contributed by atoms with Crippen molar-refractivity contribution in [3.05, 3.63) is 34.9 Å². The molecular formula is C10H14Cl2N4.